The van der Waals surface area contributed by atoms with E-state index in [1.165, 1.54) is 0 Å². The molecule has 0 bridgehead atoms. The molecular formula is C24H31NO3. The molecule has 2 rings (SSSR count). The highest BCUT2D eigenvalue weighted by Crippen LogP contribution is 2.17. The van der Waals surface area contributed by atoms with Gasteiger partial charge in [-0.3, -0.25) is 4.79 Å². The summed E-state index contributed by atoms with van der Waals surface area (Å²) in [6.07, 6.45) is 1.60. The first-order chi connectivity index (χ1) is 13.2. The van der Waals surface area contributed by atoms with Crippen molar-refractivity contribution in [3.05, 3.63) is 70.3 Å². The van der Waals surface area contributed by atoms with E-state index in [4.69, 9.17) is 4.74 Å². The molecule has 28 heavy (non-hydrogen) atoms. The second kappa shape index (κ2) is 9.54. The van der Waals surface area contributed by atoms with Gasteiger partial charge < -0.3 is 10.1 Å². The second-order valence-electron chi connectivity index (χ2n) is 8.20. The summed E-state index contributed by atoms with van der Waals surface area (Å²) in [6, 6.07) is 13.9. The standard InChI is InChI=1S/C24H31NO3/c1-17-9-6-10-18(2)21(17)16-22(26)20-13-7-11-19(15-20)12-8-14-25-23(27)28-24(3,4)5/h6-7,9-11,13,15H,8,12,14,16H2,1-5H3,(H,25,27). The molecule has 2 aromatic carbocycles. The predicted octanol–water partition coefficient (Wildman–Crippen LogP) is 5.19. The van der Waals surface area contributed by atoms with Gasteiger partial charge in [0.2, 0.25) is 0 Å². The molecule has 0 heterocycles. The zero-order valence-electron chi connectivity index (χ0n) is 17.6. The maximum Gasteiger partial charge on any atom is 0.407 e. The first-order valence-corrected chi connectivity index (χ1v) is 9.80. The summed E-state index contributed by atoms with van der Waals surface area (Å²) in [5.74, 6) is 0.131. The summed E-state index contributed by atoms with van der Waals surface area (Å²) in [7, 11) is 0. The Morgan fingerprint density at radius 1 is 1.00 bits per heavy atom. The number of aryl methyl sites for hydroxylation is 3. The monoisotopic (exact) mass is 381 g/mol. The Labute approximate surface area is 168 Å². The van der Waals surface area contributed by atoms with Crippen LogP contribution in [0.1, 0.15) is 59.8 Å². The molecule has 4 heteroatoms. The molecule has 0 aromatic heterocycles. The van der Waals surface area contributed by atoms with Crippen molar-refractivity contribution in [2.75, 3.05) is 6.54 Å². The average Bonchev–Trinajstić information content (AvgIpc) is 2.60. The molecule has 0 unspecified atom stereocenters. The van der Waals surface area contributed by atoms with Gasteiger partial charge in [0.1, 0.15) is 5.60 Å². The van der Waals surface area contributed by atoms with Crippen molar-refractivity contribution in [3.8, 4) is 0 Å². The summed E-state index contributed by atoms with van der Waals surface area (Å²) in [5, 5.41) is 2.76. The first kappa shape index (κ1) is 21.7. The number of hydrogen-bond acceptors (Lipinski definition) is 3. The number of alkyl carbamates (subject to hydrolysis) is 1. The number of ether oxygens (including phenoxy) is 1. The van der Waals surface area contributed by atoms with E-state index in [1.54, 1.807) is 0 Å². The molecule has 2 aromatic rings. The molecule has 1 N–H and O–H groups in total. The Morgan fingerprint density at radius 2 is 1.64 bits per heavy atom. The minimum Gasteiger partial charge on any atom is -0.444 e. The molecular weight excluding hydrogens is 350 g/mol. The van der Waals surface area contributed by atoms with Gasteiger partial charge in [-0.05, 0) is 75.8 Å². The second-order valence-corrected chi connectivity index (χ2v) is 8.20. The number of amides is 1. The van der Waals surface area contributed by atoms with Crippen LogP contribution in [0.3, 0.4) is 0 Å². The summed E-state index contributed by atoms with van der Waals surface area (Å²) in [4.78, 5) is 24.4. The van der Waals surface area contributed by atoms with Crippen LogP contribution in [0.5, 0.6) is 0 Å². The third-order valence-electron chi connectivity index (χ3n) is 4.54. The lowest BCUT2D eigenvalue weighted by molar-refractivity contribution is 0.0527. The first-order valence-electron chi connectivity index (χ1n) is 9.80. The minimum absolute atomic E-state index is 0.131. The lowest BCUT2D eigenvalue weighted by Gasteiger charge is -2.19. The molecule has 150 valence electrons. The topological polar surface area (TPSA) is 55.4 Å². The van der Waals surface area contributed by atoms with E-state index in [-0.39, 0.29) is 5.78 Å². The van der Waals surface area contributed by atoms with E-state index in [0.29, 0.717) is 13.0 Å². The molecule has 0 saturated carbocycles. The predicted molar refractivity (Wildman–Crippen MR) is 113 cm³/mol. The summed E-state index contributed by atoms with van der Waals surface area (Å²) in [6.45, 7) is 10.2. The van der Waals surface area contributed by atoms with Crippen molar-refractivity contribution >= 4 is 11.9 Å². The summed E-state index contributed by atoms with van der Waals surface area (Å²) >= 11 is 0. The van der Waals surface area contributed by atoms with E-state index in [2.05, 4.69) is 5.32 Å². The fraction of sp³-hybridized carbons (Fsp3) is 0.417. The van der Waals surface area contributed by atoms with Crippen molar-refractivity contribution in [1.82, 2.24) is 5.32 Å². The van der Waals surface area contributed by atoms with Crippen LogP contribution in [0.4, 0.5) is 4.79 Å². The van der Waals surface area contributed by atoms with Crippen LogP contribution in [0.25, 0.3) is 0 Å². The van der Waals surface area contributed by atoms with Crippen molar-refractivity contribution in [2.45, 2.75) is 59.5 Å². The highest BCUT2D eigenvalue weighted by atomic mass is 16.6. The highest BCUT2D eigenvalue weighted by Gasteiger charge is 2.15. The molecule has 0 aliphatic rings. The molecule has 0 fully saturated rings. The quantitative estimate of drug-likeness (QED) is 0.531. The maximum atomic E-state index is 12.7. The molecule has 1 amide bonds. The number of nitrogens with one attached hydrogen (secondary N) is 1. The Bertz CT molecular complexity index is 814. The van der Waals surface area contributed by atoms with Crippen molar-refractivity contribution in [3.63, 3.8) is 0 Å². The van der Waals surface area contributed by atoms with Gasteiger partial charge in [0.15, 0.2) is 5.78 Å². The Morgan fingerprint density at radius 3 is 2.29 bits per heavy atom. The van der Waals surface area contributed by atoms with Crippen LogP contribution in [0.2, 0.25) is 0 Å². The van der Waals surface area contributed by atoms with E-state index >= 15 is 0 Å². The number of rotatable bonds is 7. The Balaban J connectivity index is 1.89. The Kier molecular flexibility index (Phi) is 7.38. The van der Waals surface area contributed by atoms with Gasteiger partial charge in [0.25, 0.3) is 0 Å². The minimum atomic E-state index is -0.492. The smallest absolute Gasteiger partial charge is 0.407 e. The third-order valence-corrected chi connectivity index (χ3v) is 4.54. The Hall–Kier alpha value is -2.62. The lowest BCUT2D eigenvalue weighted by atomic mass is 9.94. The molecule has 0 saturated heterocycles. The zero-order chi connectivity index (χ0) is 20.7. The average molecular weight is 382 g/mol. The molecule has 0 aliphatic carbocycles. The van der Waals surface area contributed by atoms with Crippen LogP contribution in [0, 0.1) is 13.8 Å². The molecule has 0 atom stereocenters. The fourth-order valence-corrected chi connectivity index (χ4v) is 3.09. The van der Waals surface area contributed by atoms with Crippen LogP contribution < -0.4 is 5.32 Å². The fourth-order valence-electron chi connectivity index (χ4n) is 3.09. The maximum absolute atomic E-state index is 12.7. The number of benzene rings is 2. The van der Waals surface area contributed by atoms with E-state index in [1.807, 2.05) is 77.1 Å². The lowest BCUT2D eigenvalue weighted by Crippen LogP contribution is -2.33. The van der Waals surface area contributed by atoms with Crippen LogP contribution in [0.15, 0.2) is 42.5 Å². The summed E-state index contributed by atoms with van der Waals surface area (Å²) in [5.41, 5.74) is 4.75. The summed E-state index contributed by atoms with van der Waals surface area (Å²) < 4.78 is 5.22. The van der Waals surface area contributed by atoms with Crippen molar-refractivity contribution < 1.29 is 14.3 Å². The van der Waals surface area contributed by atoms with Gasteiger partial charge >= 0.3 is 6.09 Å². The highest BCUT2D eigenvalue weighted by molar-refractivity contribution is 5.98. The number of ketones is 1. The van der Waals surface area contributed by atoms with E-state index in [0.717, 1.165) is 40.7 Å². The SMILES string of the molecule is Cc1cccc(C)c1CC(=O)c1cccc(CCCNC(=O)OC(C)(C)C)c1. The van der Waals surface area contributed by atoms with Gasteiger partial charge in [-0.25, -0.2) is 4.79 Å². The van der Waals surface area contributed by atoms with Gasteiger partial charge in [-0.1, -0.05) is 36.4 Å². The molecule has 0 radical (unpaired) electrons. The van der Waals surface area contributed by atoms with Gasteiger partial charge in [0, 0.05) is 18.5 Å². The van der Waals surface area contributed by atoms with Crippen molar-refractivity contribution in [1.29, 1.82) is 0 Å². The van der Waals surface area contributed by atoms with Gasteiger partial charge in [-0.2, -0.15) is 0 Å². The van der Waals surface area contributed by atoms with Gasteiger partial charge in [-0.15, -0.1) is 0 Å². The third kappa shape index (κ3) is 6.84. The van der Waals surface area contributed by atoms with E-state index in [9.17, 15) is 9.59 Å². The largest absolute Gasteiger partial charge is 0.444 e. The van der Waals surface area contributed by atoms with Gasteiger partial charge in [0.05, 0.1) is 0 Å². The van der Waals surface area contributed by atoms with Crippen molar-refractivity contribution in [2.24, 2.45) is 0 Å². The van der Waals surface area contributed by atoms with Crippen LogP contribution in [-0.2, 0) is 17.6 Å². The molecule has 0 spiro atoms. The van der Waals surface area contributed by atoms with E-state index < -0.39 is 11.7 Å². The van der Waals surface area contributed by atoms with Crippen LogP contribution >= 0.6 is 0 Å². The number of carbonyl (C=O) groups is 2. The molecule has 4 nitrogen and oxygen atoms in total. The number of hydrogen-bond donors (Lipinski definition) is 1. The normalized spacial score (nSPS) is 11.2. The number of carbonyl (C=O) groups excluding carboxylic acids is 2. The number of Topliss-reactive ketones (excluding diaryl/α,β-unsaturated/α-hetero) is 1. The zero-order valence-corrected chi connectivity index (χ0v) is 17.6. The van der Waals surface area contributed by atoms with Crippen LogP contribution in [-0.4, -0.2) is 24.0 Å². The molecule has 0 aliphatic heterocycles.